The van der Waals surface area contributed by atoms with Gasteiger partial charge in [0.1, 0.15) is 11.9 Å². The lowest BCUT2D eigenvalue weighted by Crippen LogP contribution is -2.39. The minimum Gasteiger partial charge on any atom is -0.467 e. The Morgan fingerprint density at radius 3 is 2.67 bits per heavy atom. The minimum atomic E-state index is -0.721. The summed E-state index contributed by atoms with van der Waals surface area (Å²) in [6.45, 7) is 3.19. The number of nitrogens with zero attached hydrogens (tertiary/aromatic N) is 2. The van der Waals surface area contributed by atoms with Crippen LogP contribution in [0.4, 0.5) is 0 Å². The molecule has 0 fully saturated rings. The zero-order chi connectivity index (χ0) is 11.4. The number of carbonyl (C=O) groups excluding carboxylic acids is 2. The first-order valence-corrected chi connectivity index (χ1v) is 4.32. The number of nitrogens with one attached hydrogen (secondary N) is 2. The Kier molecular flexibility index (Phi) is 3.37. The molecule has 15 heavy (non-hydrogen) atoms. The second kappa shape index (κ2) is 4.54. The summed E-state index contributed by atoms with van der Waals surface area (Å²) in [6, 6.07) is -0.721. The number of esters is 1. The van der Waals surface area contributed by atoms with Gasteiger partial charge in [0.25, 0.3) is 5.91 Å². The molecule has 7 nitrogen and oxygen atoms in total. The van der Waals surface area contributed by atoms with Crippen LogP contribution >= 0.6 is 0 Å². The van der Waals surface area contributed by atoms with E-state index in [1.807, 2.05) is 0 Å². The van der Waals surface area contributed by atoms with Crippen molar-refractivity contribution in [2.24, 2.45) is 0 Å². The molecule has 1 heterocycles. The van der Waals surface area contributed by atoms with Gasteiger partial charge in [-0.1, -0.05) is 0 Å². The van der Waals surface area contributed by atoms with Crippen molar-refractivity contribution >= 4 is 11.9 Å². The molecular formula is C8H12N4O3. The number of H-pyrrole nitrogens is 1. The third-order valence-corrected chi connectivity index (χ3v) is 1.70. The number of carbonyl (C=O) groups is 2. The predicted octanol–water partition coefficient (Wildman–Crippen LogP) is -0.596. The molecule has 0 aromatic carbocycles. The van der Waals surface area contributed by atoms with Gasteiger partial charge in [-0.15, -0.1) is 5.10 Å². The minimum absolute atomic E-state index is 0.00301. The second-order valence-corrected chi connectivity index (χ2v) is 2.96. The summed E-state index contributed by atoms with van der Waals surface area (Å²) in [7, 11) is 1.25. The van der Waals surface area contributed by atoms with E-state index < -0.39 is 17.9 Å². The van der Waals surface area contributed by atoms with Gasteiger partial charge in [-0.2, -0.15) is 0 Å². The van der Waals surface area contributed by atoms with Crippen LogP contribution in [0.25, 0.3) is 0 Å². The first-order chi connectivity index (χ1) is 7.04. The van der Waals surface area contributed by atoms with Crippen molar-refractivity contribution in [3.63, 3.8) is 0 Å². The molecule has 2 N–H and O–H groups in total. The van der Waals surface area contributed by atoms with Gasteiger partial charge in [0.05, 0.1) is 7.11 Å². The fourth-order valence-electron chi connectivity index (χ4n) is 0.941. The third kappa shape index (κ3) is 2.76. The maximum absolute atomic E-state index is 11.4. The molecule has 0 saturated heterocycles. The van der Waals surface area contributed by atoms with Gasteiger partial charge < -0.3 is 10.1 Å². The van der Waals surface area contributed by atoms with Crippen LogP contribution in [0.3, 0.4) is 0 Å². The molecule has 1 rings (SSSR count). The molecule has 0 aliphatic carbocycles. The number of hydrogen-bond acceptors (Lipinski definition) is 5. The van der Waals surface area contributed by atoms with Crippen LogP contribution in [-0.4, -0.2) is 40.2 Å². The molecular weight excluding hydrogens is 200 g/mol. The van der Waals surface area contributed by atoms with Crippen molar-refractivity contribution in [3.8, 4) is 0 Å². The normalized spacial score (nSPS) is 11.9. The van der Waals surface area contributed by atoms with Crippen molar-refractivity contribution in [2.75, 3.05) is 7.11 Å². The van der Waals surface area contributed by atoms with Crippen LogP contribution in [0.15, 0.2) is 0 Å². The first-order valence-electron chi connectivity index (χ1n) is 4.32. The summed E-state index contributed by atoms with van der Waals surface area (Å²) in [4.78, 5) is 26.2. The molecule has 1 aromatic rings. The summed E-state index contributed by atoms with van der Waals surface area (Å²) in [5, 5.41) is 8.58. The summed E-state index contributed by atoms with van der Waals surface area (Å²) < 4.78 is 4.45. The highest BCUT2D eigenvalue weighted by Gasteiger charge is 2.19. The predicted molar refractivity (Wildman–Crippen MR) is 50.1 cm³/mol. The van der Waals surface area contributed by atoms with Crippen molar-refractivity contribution in [1.29, 1.82) is 0 Å². The Bertz CT molecular complexity index is 374. The van der Waals surface area contributed by atoms with Crippen LogP contribution in [0.2, 0.25) is 0 Å². The molecule has 1 atom stereocenters. The fourth-order valence-corrected chi connectivity index (χ4v) is 0.941. The van der Waals surface area contributed by atoms with E-state index in [4.69, 9.17) is 0 Å². The van der Waals surface area contributed by atoms with Crippen molar-refractivity contribution in [3.05, 3.63) is 11.6 Å². The summed E-state index contributed by atoms with van der Waals surface area (Å²) in [6.07, 6.45) is 0. The molecule has 0 spiro atoms. The number of amides is 1. The highest BCUT2D eigenvalue weighted by Crippen LogP contribution is 1.93. The van der Waals surface area contributed by atoms with E-state index in [1.165, 1.54) is 14.0 Å². The number of aryl methyl sites for hydroxylation is 1. The van der Waals surface area contributed by atoms with E-state index in [0.29, 0.717) is 5.82 Å². The van der Waals surface area contributed by atoms with Gasteiger partial charge in [-0.25, -0.2) is 9.78 Å². The highest BCUT2D eigenvalue weighted by atomic mass is 16.5. The smallest absolute Gasteiger partial charge is 0.328 e. The van der Waals surface area contributed by atoms with Gasteiger partial charge in [0.15, 0.2) is 0 Å². The van der Waals surface area contributed by atoms with E-state index in [9.17, 15) is 9.59 Å². The average Bonchev–Trinajstić information content (AvgIpc) is 2.63. The number of hydrogen-bond donors (Lipinski definition) is 2. The standard InChI is InChI=1S/C8H12N4O3/c1-4(8(14)15-3)9-7(13)6-10-5(2)11-12-6/h4H,1-3H3,(H,9,13)(H,10,11,12). The lowest BCUT2D eigenvalue weighted by molar-refractivity contribution is -0.142. The number of methoxy groups -OCH3 is 1. The molecule has 1 unspecified atom stereocenters. The highest BCUT2D eigenvalue weighted by molar-refractivity contribution is 5.93. The zero-order valence-electron chi connectivity index (χ0n) is 8.70. The Labute approximate surface area is 86.2 Å². The Morgan fingerprint density at radius 2 is 2.20 bits per heavy atom. The van der Waals surface area contributed by atoms with Crippen LogP contribution < -0.4 is 5.32 Å². The van der Waals surface area contributed by atoms with Crippen molar-refractivity contribution in [2.45, 2.75) is 19.9 Å². The van der Waals surface area contributed by atoms with Crippen LogP contribution in [0.5, 0.6) is 0 Å². The molecule has 0 saturated carbocycles. The second-order valence-electron chi connectivity index (χ2n) is 2.96. The van der Waals surface area contributed by atoms with Crippen LogP contribution in [0.1, 0.15) is 23.4 Å². The average molecular weight is 212 g/mol. The maximum atomic E-state index is 11.4. The molecule has 1 amide bonds. The van der Waals surface area contributed by atoms with Gasteiger partial charge in [-0.05, 0) is 13.8 Å². The fraction of sp³-hybridized carbons (Fsp3) is 0.500. The third-order valence-electron chi connectivity index (χ3n) is 1.70. The van der Waals surface area contributed by atoms with Crippen LogP contribution in [0, 0.1) is 6.92 Å². The van der Waals surface area contributed by atoms with E-state index in [2.05, 4.69) is 25.2 Å². The van der Waals surface area contributed by atoms with E-state index in [-0.39, 0.29) is 5.82 Å². The lowest BCUT2D eigenvalue weighted by atomic mass is 10.3. The lowest BCUT2D eigenvalue weighted by Gasteiger charge is -2.09. The molecule has 7 heteroatoms. The van der Waals surface area contributed by atoms with E-state index in [0.717, 1.165) is 0 Å². The zero-order valence-corrected chi connectivity index (χ0v) is 8.70. The Morgan fingerprint density at radius 1 is 1.53 bits per heavy atom. The molecule has 0 aliphatic rings. The first kappa shape index (κ1) is 11.2. The Balaban J connectivity index is 2.60. The molecule has 1 aromatic heterocycles. The quantitative estimate of drug-likeness (QED) is 0.652. The van der Waals surface area contributed by atoms with Gasteiger partial charge in [-0.3, -0.25) is 9.89 Å². The van der Waals surface area contributed by atoms with Gasteiger partial charge in [0, 0.05) is 0 Å². The van der Waals surface area contributed by atoms with Crippen LogP contribution in [-0.2, 0) is 9.53 Å². The topological polar surface area (TPSA) is 97.0 Å². The number of ether oxygens (including phenoxy) is 1. The monoisotopic (exact) mass is 212 g/mol. The SMILES string of the molecule is COC(=O)C(C)NC(=O)c1n[nH]c(C)n1. The largest absolute Gasteiger partial charge is 0.467 e. The molecule has 82 valence electrons. The molecule has 0 radical (unpaired) electrons. The number of aromatic amines is 1. The number of aromatic nitrogens is 3. The summed E-state index contributed by atoms with van der Waals surface area (Å²) >= 11 is 0. The molecule has 0 bridgehead atoms. The molecule has 0 aliphatic heterocycles. The van der Waals surface area contributed by atoms with Gasteiger partial charge in [0.2, 0.25) is 5.82 Å². The summed E-state index contributed by atoms with van der Waals surface area (Å²) in [5.41, 5.74) is 0. The Hall–Kier alpha value is -1.92. The number of rotatable bonds is 3. The van der Waals surface area contributed by atoms with E-state index in [1.54, 1.807) is 6.92 Å². The van der Waals surface area contributed by atoms with Crippen molar-refractivity contribution in [1.82, 2.24) is 20.5 Å². The summed E-state index contributed by atoms with van der Waals surface area (Å²) in [5.74, 6) is -0.498. The van der Waals surface area contributed by atoms with Gasteiger partial charge >= 0.3 is 5.97 Å². The maximum Gasteiger partial charge on any atom is 0.328 e. The van der Waals surface area contributed by atoms with E-state index >= 15 is 0 Å². The van der Waals surface area contributed by atoms with Crippen molar-refractivity contribution < 1.29 is 14.3 Å².